The Hall–Kier alpha value is -3.09. The lowest BCUT2D eigenvalue weighted by atomic mass is 9.95. The summed E-state index contributed by atoms with van der Waals surface area (Å²) in [5, 5.41) is 3.02. The average molecular weight is 392 g/mol. The van der Waals surface area contributed by atoms with Gasteiger partial charge in [0.2, 0.25) is 0 Å². The van der Waals surface area contributed by atoms with Gasteiger partial charge in [0.05, 0.1) is 5.69 Å². The van der Waals surface area contributed by atoms with Gasteiger partial charge in [-0.05, 0) is 37.2 Å². The summed E-state index contributed by atoms with van der Waals surface area (Å²) in [5.41, 5.74) is 3.50. The first kappa shape index (κ1) is 18.0. The Balaban J connectivity index is 1.32. The van der Waals surface area contributed by atoms with E-state index in [-0.39, 0.29) is 24.2 Å². The summed E-state index contributed by atoms with van der Waals surface area (Å²) in [6.45, 7) is 1.46. The van der Waals surface area contributed by atoms with Gasteiger partial charge in [-0.3, -0.25) is 9.89 Å². The number of aromatic nitrogens is 3. The minimum Gasteiger partial charge on any atom is -0.445 e. The first-order valence-corrected chi connectivity index (χ1v) is 10.3. The summed E-state index contributed by atoms with van der Waals surface area (Å²) in [4.78, 5) is 31.7. The Labute approximate surface area is 168 Å². The van der Waals surface area contributed by atoms with Crippen molar-refractivity contribution in [2.24, 2.45) is 0 Å². The van der Waals surface area contributed by atoms with Crippen molar-refractivity contribution in [3.8, 4) is 0 Å². The van der Waals surface area contributed by atoms with E-state index in [9.17, 15) is 9.59 Å². The van der Waals surface area contributed by atoms with E-state index in [2.05, 4.69) is 5.10 Å². The second kappa shape index (κ2) is 7.39. The number of piperidine rings is 1. The third kappa shape index (κ3) is 3.64. The maximum atomic E-state index is 12.6. The van der Waals surface area contributed by atoms with Crippen LogP contribution in [0.3, 0.4) is 0 Å². The molecule has 1 N–H and O–H groups in total. The highest BCUT2D eigenvalue weighted by Gasteiger charge is 2.30. The lowest BCUT2D eigenvalue weighted by molar-refractivity contribution is 0.0856. The number of hydrogen-bond donors (Lipinski definition) is 1. The molecule has 0 bridgehead atoms. The minimum absolute atomic E-state index is 0.0488. The number of carbonyl (C=O) groups is 1. The zero-order valence-electron chi connectivity index (χ0n) is 16.2. The van der Waals surface area contributed by atoms with Gasteiger partial charge in [0, 0.05) is 36.8 Å². The van der Waals surface area contributed by atoms with E-state index in [1.165, 1.54) is 4.52 Å². The lowest BCUT2D eigenvalue weighted by Gasteiger charge is -2.31. The monoisotopic (exact) mass is 392 g/mol. The molecule has 1 saturated carbocycles. The van der Waals surface area contributed by atoms with Gasteiger partial charge in [0.1, 0.15) is 6.61 Å². The number of rotatable bonds is 4. The molecule has 2 aromatic heterocycles. The highest BCUT2D eigenvalue weighted by atomic mass is 16.6. The molecule has 0 spiro atoms. The molecule has 2 fully saturated rings. The van der Waals surface area contributed by atoms with E-state index < -0.39 is 0 Å². The number of nitrogens with zero attached hydrogens (tertiary/aromatic N) is 3. The molecule has 1 aliphatic carbocycles. The molecule has 5 rings (SSSR count). The van der Waals surface area contributed by atoms with Crippen LogP contribution in [0.5, 0.6) is 0 Å². The second-order valence-electron chi connectivity index (χ2n) is 8.01. The average Bonchev–Trinajstić information content (AvgIpc) is 3.51. The van der Waals surface area contributed by atoms with Gasteiger partial charge < -0.3 is 9.64 Å². The fourth-order valence-electron chi connectivity index (χ4n) is 4.12. The normalized spacial score (nSPS) is 19.4. The van der Waals surface area contributed by atoms with Gasteiger partial charge in [-0.1, -0.05) is 30.3 Å². The molecule has 1 unspecified atom stereocenters. The molecule has 3 aromatic rings. The van der Waals surface area contributed by atoms with Crippen molar-refractivity contribution < 1.29 is 9.53 Å². The number of aromatic amines is 1. The fraction of sp³-hybridized carbons (Fsp3) is 0.409. The van der Waals surface area contributed by atoms with Crippen molar-refractivity contribution in [2.75, 3.05) is 13.1 Å². The summed E-state index contributed by atoms with van der Waals surface area (Å²) in [6, 6.07) is 11.3. The van der Waals surface area contributed by atoms with E-state index >= 15 is 0 Å². The Morgan fingerprint density at radius 3 is 2.79 bits per heavy atom. The SMILES string of the molecule is O=C(OCc1ccccc1)N1CCCC(c2cc(=O)n3[nH]cc(C4CC4)c3n2)C1. The zero-order chi connectivity index (χ0) is 19.8. The minimum atomic E-state index is -0.309. The topological polar surface area (TPSA) is 79.7 Å². The first-order chi connectivity index (χ1) is 14.2. The van der Waals surface area contributed by atoms with Crippen LogP contribution in [0.4, 0.5) is 4.79 Å². The third-order valence-corrected chi connectivity index (χ3v) is 5.87. The largest absolute Gasteiger partial charge is 0.445 e. The van der Waals surface area contributed by atoms with Crippen molar-refractivity contribution >= 4 is 11.7 Å². The molecule has 1 aliphatic heterocycles. The predicted octanol–water partition coefficient (Wildman–Crippen LogP) is 3.42. The molecule has 150 valence electrons. The van der Waals surface area contributed by atoms with Crippen LogP contribution in [0.1, 0.15) is 54.3 Å². The molecule has 3 heterocycles. The van der Waals surface area contributed by atoms with Crippen molar-refractivity contribution in [1.29, 1.82) is 0 Å². The summed E-state index contributed by atoms with van der Waals surface area (Å²) in [5.74, 6) is 0.557. The highest BCUT2D eigenvalue weighted by molar-refractivity contribution is 5.68. The smallest absolute Gasteiger partial charge is 0.410 e. The number of H-pyrrole nitrogens is 1. The van der Waals surface area contributed by atoms with E-state index in [1.54, 1.807) is 11.0 Å². The molecular weight excluding hydrogens is 368 g/mol. The number of benzene rings is 1. The first-order valence-electron chi connectivity index (χ1n) is 10.3. The molecule has 1 aromatic carbocycles. The van der Waals surface area contributed by atoms with Gasteiger partial charge in [0.15, 0.2) is 5.65 Å². The third-order valence-electron chi connectivity index (χ3n) is 5.87. The number of ether oxygens (including phenoxy) is 1. The highest BCUT2D eigenvalue weighted by Crippen LogP contribution is 2.41. The predicted molar refractivity (Wildman–Crippen MR) is 108 cm³/mol. The molecule has 2 aliphatic rings. The molecule has 0 radical (unpaired) electrons. The number of amides is 1. The van der Waals surface area contributed by atoms with Gasteiger partial charge in [0.25, 0.3) is 5.56 Å². The van der Waals surface area contributed by atoms with Gasteiger partial charge in [-0.2, -0.15) is 0 Å². The molecule has 1 saturated heterocycles. The molecular formula is C22H24N4O3. The van der Waals surface area contributed by atoms with E-state index in [0.29, 0.717) is 19.0 Å². The van der Waals surface area contributed by atoms with Gasteiger partial charge in [-0.25, -0.2) is 14.3 Å². The number of hydrogen-bond acceptors (Lipinski definition) is 4. The second-order valence-corrected chi connectivity index (χ2v) is 8.01. The summed E-state index contributed by atoms with van der Waals surface area (Å²) in [7, 11) is 0. The van der Waals surface area contributed by atoms with Crippen molar-refractivity contribution in [1.82, 2.24) is 19.5 Å². The zero-order valence-corrected chi connectivity index (χ0v) is 16.2. The Morgan fingerprint density at radius 2 is 2.00 bits per heavy atom. The maximum Gasteiger partial charge on any atom is 0.410 e. The standard InChI is InChI=1S/C22H24N4O3/c27-20-11-19(24-21-18(16-8-9-16)12-23-26(20)21)17-7-4-10-25(13-17)22(28)29-14-15-5-2-1-3-6-15/h1-3,5-6,11-12,16-17,23H,4,7-10,13-14H2. The Morgan fingerprint density at radius 1 is 1.17 bits per heavy atom. The van der Waals surface area contributed by atoms with Crippen LogP contribution in [0.25, 0.3) is 5.65 Å². The Kier molecular flexibility index (Phi) is 4.58. The lowest BCUT2D eigenvalue weighted by Crippen LogP contribution is -2.39. The summed E-state index contributed by atoms with van der Waals surface area (Å²) >= 11 is 0. The van der Waals surface area contributed by atoms with Crippen LogP contribution in [-0.2, 0) is 11.3 Å². The Bertz CT molecular complexity index is 1080. The van der Waals surface area contributed by atoms with E-state index in [0.717, 1.165) is 48.2 Å². The van der Waals surface area contributed by atoms with Crippen LogP contribution in [0, 0.1) is 0 Å². The van der Waals surface area contributed by atoms with E-state index in [1.807, 2.05) is 36.5 Å². The molecule has 7 heteroatoms. The van der Waals surface area contributed by atoms with Crippen molar-refractivity contribution in [3.63, 3.8) is 0 Å². The van der Waals surface area contributed by atoms with Crippen LogP contribution in [0.2, 0.25) is 0 Å². The fourth-order valence-corrected chi connectivity index (χ4v) is 4.12. The number of carbonyl (C=O) groups excluding carboxylic acids is 1. The van der Waals surface area contributed by atoms with Crippen molar-refractivity contribution in [2.45, 2.75) is 44.1 Å². The molecule has 1 amide bonds. The molecule has 1 atom stereocenters. The van der Waals surface area contributed by atoms with Crippen LogP contribution >= 0.6 is 0 Å². The van der Waals surface area contributed by atoms with Gasteiger partial charge in [-0.15, -0.1) is 0 Å². The number of fused-ring (bicyclic) bond motifs is 1. The summed E-state index contributed by atoms with van der Waals surface area (Å²) < 4.78 is 7.01. The molecule has 29 heavy (non-hydrogen) atoms. The molecule has 7 nitrogen and oxygen atoms in total. The van der Waals surface area contributed by atoms with E-state index in [4.69, 9.17) is 9.72 Å². The van der Waals surface area contributed by atoms with Crippen molar-refractivity contribution in [3.05, 3.63) is 69.8 Å². The van der Waals surface area contributed by atoms with Crippen LogP contribution in [-0.4, -0.2) is 38.7 Å². The number of nitrogens with one attached hydrogen (secondary N) is 1. The van der Waals surface area contributed by atoms with Gasteiger partial charge >= 0.3 is 6.09 Å². The maximum absolute atomic E-state index is 12.6. The summed E-state index contributed by atoms with van der Waals surface area (Å²) in [6.07, 6.45) is 5.68. The van der Waals surface area contributed by atoms with Crippen LogP contribution in [0.15, 0.2) is 47.4 Å². The number of likely N-dealkylation sites (tertiary alicyclic amines) is 1. The quantitative estimate of drug-likeness (QED) is 0.738. The van der Waals surface area contributed by atoms with Crippen LogP contribution < -0.4 is 5.56 Å².